The number of ether oxygens (including phenoxy) is 1. The summed E-state index contributed by atoms with van der Waals surface area (Å²) < 4.78 is 5.77. The molecule has 1 aromatic heterocycles. The van der Waals surface area contributed by atoms with Gasteiger partial charge in [0, 0.05) is 12.1 Å². The zero-order valence-corrected chi connectivity index (χ0v) is 15.4. The molecule has 1 N–H and O–H groups in total. The van der Waals surface area contributed by atoms with Gasteiger partial charge in [0.2, 0.25) is 5.88 Å². The molecule has 8 heteroatoms. The first-order valence-corrected chi connectivity index (χ1v) is 8.41. The highest BCUT2D eigenvalue weighted by atomic mass is 16.5. The van der Waals surface area contributed by atoms with Crippen LogP contribution in [-0.4, -0.2) is 22.8 Å². The largest absolute Gasteiger partial charge is 0.493 e. The molecule has 0 saturated carbocycles. The van der Waals surface area contributed by atoms with Gasteiger partial charge in [0.05, 0.1) is 18.4 Å². The van der Waals surface area contributed by atoms with Crippen LogP contribution < -0.4 is 5.56 Å². The fraction of sp³-hybridized carbons (Fsp3) is 0.316. The zero-order valence-electron chi connectivity index (χ0n) is 15.4. The Morgan fingerprint density at radius 1 is 1.30 bits per heavy atom. The van der Waals surface area contributed by atoms with Crippen LogP contribution in [0.25, 0.3) is 0 Å². The van der Waals surface area contributed by atoms with Crippen LogP contribution in [0.2, 0.25) is 0 Å². The highest BCUT2D eigenvalue weighted by Gasteiger charge is 2.18. The SMILES string of the molecule is CCCCn1c(O)c(C#N)c(C)c(N=Nc2ccc(C(=O)OC)cc2)c1=O. The average Bonchev–Trinajstić information content (AvgIpc) is 2.68. The number of aromatic nitrogens is 1. The lowest BCUT2D eigenvalue weighted by Gasteiger charge is -2.12. The highest BCUT2D eigenvalue weighted by Crippen LogP contribution is 2.27. The van der Waals surface area contributed by atoms with Crippen molar-refractivity contribution >= 4 is 17.3 Å². The Hall–Kier alpha value is -3.47. The maximum absolute atomic E-state index is 12.7. The van der Waals surface area contributed by atoms with Crippen molar-refractivity contribution in [2.24, 2.45) is 10.2 Å². The highest BCUT2D eigenvalue weighted by molar-refractivity contribution is 5.89. The van der Waals surface area contributed by atoms with Crippen LogP contribution in [0.3, 0.4) is 0 Å². The second-order valence-corrected chi connectivity index (χ2v) is 5.83. The molecule has 0 fully saturated rings. The summed E-state index contributed by atoms with van der Waals surface area (Å²) in [5.74, 6) is -0.819. The molecule has 0 spiro atoms. The van der Waals surface area contributed by atoms with E-state index in [4.69, 9.17) is 0 Å². The summed E-state index contributed by atoms with van der Waals surface area (Å²) in [4.78, 5) is 24.1. The van der Waals surface area contributed by atoms with E-state index in [1.54, 1.807) is 19.1 Å². The van der Waals surface area contributed by atoms with Crippen LogP contribution in [0.4, 0.5) is 11.4 Å². The molecule has 0 aliphatic rings. The van der Waals surface area contributed by atoms with Crippen LogP contribution in [0.15, 0.2) is 39.3 Å². The maximum atomic E-state index is 12.7. The summed E-state index contributed by atoms with van der Waals surface area (Å²) in [7, 11) is 1.29. The van der Waals surface area contributed by atoms with Gasteiger partial charge in [-0.25, -0.2) is 4.79 Å². The summed E-state index contributed by atoms with van der Waals surface area (Å²) in [6, 6.07) is 8.10. The number of aromatic hydroxyl groups is 1. The minimum absolute atomic E-state index is 0.000641. The predicted molar refractivity (Wildman–Crippen MR) is 98.7 cm³/mol. The van der Waals surface area contributed by atoms with E-state index in [0.29, 0.717) is 17.7 Å². The molecule has 2 aromatic rings. The smallest absolute Gasteiger partial charge is 0.337 e. The van der Waals surface area contributed by atoms with Crippen LogP contribution >= 0.6 is 0 Å². The standard InChI is InChI=1S/C19H20N4O4/c1-4-5-10-23-17(24)15(11-20)12(2)16(18(23)25)22-21-14-8-6-13(7-9-14)19(26)27-3/h6-9,24H,4-5,10H2,1-3H3. The fourth-order valence-corrected chi connectivity index (χ4v) is 2.47. The lowest BCUT2D eigenvalue weighted by atomic mass is 10.1. The van der Waals surface area contributed by atoms with E-state index in [9.17, 15) is 20.0 Å². The molecule has 0 aliphatic carbocycles. The van der Waals surface area contributed by atoms with E-state index in [0.717, 1.165) is 11.0 Å². The maximum Gasteiger partial charge on any atom is 0.337 e. The zero-order chi connectivity index (χ0) is 20.0. The van der Waals surface area contributed by atoms with Crippen molar-refractivity contribution in [3.05, 3.63) is 51.3 Å². The molecular formula is C19H20N4O4. The summed E-state index contributed by atoms with van der Waals surface area (Å²) in [6.07, 6.45) is 1.50. The number of hydrogen-bond acceptors (Lipinski definition) is 7. The molecule has 140 valence electrons. The number of esters is 1. The monoisotopic (exact) mass is 368 g/mol. The minimum atomic E-state index is -0.507. The van der Waals surface area contributed by atoms with Crippen LogP contribution in [0.5, 0.6) is 5.88 Å². The number of carbonyl (C=O) groups is 1. The summed E-state index contributed by atoms with van der Waals surface area (Å²) >= 11 is 0. The third-order valence-electron chi connectivity index (χ3n) is 4.06. The number of unbranched alkanes of at least 4 members (excludes halogenated alkanes) is 1. The Morgan fingerprint density at radius 3 is 2.52 bits per heavy atom. The van der Waals surface area contributed by atoms with Crippen molar-refractivity contribution in [2.45, 2.75) is 33.2 Å². The molecule has 0 unspecified atom stereocenters. The average molecular weight is 368 g/mol. The van der Waals surface area contributed by atoms with Gasteiger partial charge in [-0.3, -0.25) is 9.36 Å². The van der Waals surface area contributed by atoms with Crippen molar-refractivity contribution < 1.29 is 14.6 Å². The van der Waals surface area contributed by atoms with Gasteiger partial charge < -0.3 is 9.84 Å². The second kappa shape index (κ2) is 8.76. The van der Waals surface area contributed by atoms with Gasteiger partial charge in [0.1, 0.15) is 11.6 Å². The van der Waals surface area contributed by atoms with Crippen LogP contribution in [0.1, 0.15) is 41.3 Å². The van der Waals surface area contributed by atoms with E-state index in [-0.39, 0.29) is 29.2 Å². The second-order valence-electron chi connectivity index (χ2n) is 5.83. The number of benzene rings is 1. The van der Waals surface area contributed by atoms with Crippen molar-refractivity contribution in [2.75, 3.05) is 7.11 Å². The van der Waals surface area contributed by atoms with Gasteiger partial charge in [-0.1, -0.05) is 13.3 Å². The number of methoxy groups -OCH3 is 1. The molecule has 1 heterocycles. The lowest BCUT2D eigenvalue weighted by Crippen LogP contribution is -2.22. The molecule has 8 nitrogen and oxygen atoms in total. The fourth-order valence-electron chi connectivity index (χ4n) is 2.47. The number of pyridine rings is 1. The Kier molecular flexibility index (Phi) is 6.44. The third-order valence-corrected chi connectivity index (χ3v) is 4.06. The van der Waals surface area contributed by atoms with Gasteiger partial charge in [-0.05, 0) is 37.6 Å². The molecule has 0 bridgehead atoms. The van der Waals surface area contributed by atoms with Crippen molar-refractivity contribution in [3.8, 4) is 11.9 Å². The summed E-state index contributed by atoms with van der Waals surface area (Å²) in [5, 5.41) is 27.6. The van der Waals surface area contributed by atoms with E-state index >= 15 is 0 Å². The number of nitrogens with zero attached hydrogens (tertiary/aromatic N) is 4. The van der Waals surface area contributed by atoms with E-state index in [1.807, 2.05) is 13.0 Å². The quantitative estimate of drug-likeness (QED) is 0.616. The third kappa shape index (κ3) is 4.20. The van der Waals surface area contributed by atoms with Gasteiger partial charge in [0.25, 0.3) is 5.56 Å². The molecule has 0 radical (unpaired) electrons. The van der Waals surface area contributed by atoms with Crippen LogP contribution in [0, 0.1) is 18.3 Å². The van der Waals surface area contributed by atoms with Crippen molar-refractivity contribution in [3.63, 3.8) is 0 Å². The predicted octanol–water partition coefficient (Wildman–Crippen LogP) is 3.74. The summed E-state index contributed by atoms with van der Waals surface area (Å²) in [6.45, 7) is 3.78. The Bertz CT molecular complexity index is 969. The molecule has 27 heavy (non-hydrogen) atoms. The number of nitriles is 1. The first-order chi connectivity index (χ1) is 12.9. The lowest BCUT2D eigenvalue weighted by molar-refractivity contribution is 0.0601. The molecule has 0 aliphatic heterocycles. The topological polar surface area (TPSA) is 117 Å². The first kappa shape index (κ1) is 19.8. The van der Waals surface area contributed by atoms with Gasteiger partial charge in [-0.15, -0.1) is 5.11 Å². The van der Waals surface area contributed by atoms with Crippen LogP contribution in [-0.2, 0) is 11.3 Å². The molecule has 0 atom stereocenters. The molecule has 1 aromatic carbocycles. The van der Waals surface area contributed by atoms with Crippen molar-refractivity contribution in [1.82, 2.24) is 4.57 Å². The first-order valence-electron chi connectivity index (χ1n) is 8.41. The van der Waals surface area contributed by atoms with Crippen molar-refractivity contribution in [1.29, 1.82) is 5.26 Å². The Labute approximate surface area is 156 Å². The Balaban J connectivity index is 2.46. The van der Waals surface area contributed by atoms with Gasteiger partial charge >= 0.3 is 5.97 Å². The summed E-state index contributed by atoms with van der Waals surface area (Å²) in [5.41, 5.74) is 0.548. The number of azo groups is 1. The molecular weight excluding hydrogens is 348 g/mol. The molecule has 0 amide bonds. The number of rotatable bonds is 6. The van der Waals surface area contributed by atoms with Gasteiger partial charge in [-0.2, -0.15) is 10.4 Å². The normalized spacial score (nSPS) is 10.7. The number of carbonyl (C=O) groups excluding carboxylic acids is 1. The van der Waals surface area contributed by atoms with E-state index in [1.165, 1.54) is 19.2 Å². The molecule has 0 saturated heterocycles. The van der Waals surface area contributed by atoms with E-state index < -0.39 is 11.5 Å². The molecule has 2 rings (SSSR count). The Morgan fingerprint density at radius 2 is 1.96 bits per heavy atom. The van der Waals surface area contributed by atoms with Gasteiger partial charge in [0.15, 0.2) is 5.69 Å². The number of hydrogen-bond donors (Lipinski definition) is 1. The minimum Gasteiger partial charge on any atom is -0.493 e. The van der Waals surface area contributed by atoms with E-state index in [2.05, 4.69) is 15.0 Å².